The summed E-state index contributed by atoms with van der Waals surface area (Å²) in [7, 11) is 1.70. The van der Waals surface area contributed by atoms with E-state index in [1.165, 1.54) is 0 Å². The SMILES string of the molecule is CCn1cc(NC(C)C(=O)N(C)CCC#N)cn1. The second-order valence-corrected chi connectivity index (χ2v) is 4.12. The summed E-state index contributed by atoms with van der Waals surface area (Å²) in [5.74, 6) is -0.0329. The molecule has 0 aromatic carbocycles. The smallest absolute Gasteiger partial charge is 0.244 e. The Morgan fingerprint density at radius 2 is 2.44 bits per heavy atom. The zero-order valence-electron chi connectivity index (χ0n) is 11.1. The molecule has 6 heteroatoms. The molecule has 1 N–H and O–H groups in total. The highest BCUT2D eigenvalue weighted by Crippen LogP contribution is 2.08. The quantitative estimate of drug-likeness (QED) is 0.818. The minimum atomic E-state index is -0.330. The molecule has 98 valence electrons. The van der Waals surface area contributed by atoms with E-state index in [0.717, 1.165) is 12.2 Å². The van der Waals surface area contributed by atoms with Crippen molar-refractivity contribution in [2.75, 3.05) is 18.9 Å². The van der Waals surface area contributed by atoms with Crippen LogP contribution in [0.1, 0.15) is 20.3 Å². The number of hydrogen-bond donors (Lipinski definition) is 1. The fourth-order valence-corrected chi connectivity index (χ4v) is 1.58. The van der Waals surface area contributed by atoms with Gasteiger partial charge in [0.25, 0.3) is 0 Å². The Morgan fingerprint density at radius 1 is 1.72 bits per heavy atom. The van der Waals surface area contributed by atoms with Crippen LogP contribution in [-0.4, -0.2) is 40.2 Å². The molecule has 1 atom stereocenters. The maximum atomic E-state index is 12.0. The molecular formula is C12H19N5O. The number of aryl methyl sites for hydroxylation is 1. The molecule has 0 aliphatic carbocycles. The number of hydrogen-bond acceptors (Lipinski definition) is 4. The monoisotopic (exact) mass is 249 g/mol. The fourth-order valence-electron chi connectivity index (χ4n) is 1.58. The number of likely N-dealkylation sites (N-methyl/N-ethyl adjacent to an activating group) is 1. The first-order valence-electron chi connectivity index (χ1n) is 5.99. The lowest BCUT2D eigenvalue weighted by Gasteiger charge is -2.21. The van der Waals surface area contributed by atoms with Crippen molar-refractivity contribution in [3.8, 4) is 6.07 Å². The van der Waals surface area contributed by atoms with Crippen LogP contribution in [0.25, 0.3) is 0 Å². The molecule has 0 aliphatic rings. The van der Waals surface area contributed by atoms with Gasteiger partial charge in [0, 0.05) is 26.3 Å². The van der Waals surface area contributed by atoms with Gasteiger partial charge in [-0.25, -0.2) is 0 Å². The van der Waals surface area contributed by atoms with E-state index in [4.69, 9.17) is 5.26 Å². The van der Waals surface area contributed by atoms with Gasteiger partial charge in [-0.1, -0.05) is 0 Å². The lowest BCUT2D eigenvalue weighted by atomic mass is 10.2. The van der Waals surface area contributed by atoms with E-state index in [1.54, 1.807) is 29.7 Å². The van der Waals surface area contributed by atoms with Gasteiger partial charge in [0.15, 0.2) is 0 Å². The predicted molar refractivity (Wildman–Crippen MR) is 68.9 cm³/mol. The normalized spacial score (nSPS) is 11.7. The van der Waals surface area contributed by atoms with Gasteiger partial charge in [0.1, 0.15) is 6.04 Å². The zero-order chi connectivity index (χ0) is 13.5. The molecule has 0 aliphatic heterocycles. The Bertz CT molecular complexity index is 434. The number of amides is 1. The second kappa shape index (κ2) is 6.64. The average Bonchev–Trinajstić information content (AvgIpc) is 2.82. The second-order valence-electron chi connectivity index (χ2n) is 4.12. The number of nitriles is 1. The van der Waals surface area contributed by atoms with E-state index < -0.39 is 0 Å². The van der Waals surface area contributed by atoms with Crippen molar-refractivity contribution in [2.45, 2.75) is 32.9 Å². The highest BCUT2D eigenvalue weighted by molar-refractivity contribution is 5.83. The van der Waals surface area contributed by atoms with Gasteiger partial charge in [-0.3, -0.25) is 9.48 Å². The Kier molecular flexibility index (Phi) is 5.18. The first kappa shape index (κ1) is 14.0. The van der Waals surface area contributed by atoms with Crippen molar-refractivity contribution in [1.82, 2.24) is 14.7 Å². The third-order valence-electron chi connectivity index (χ3n) is 2.65. The van der Waals surface area contributed by atoms with Crippen LogP contribution < -0.4 is 5.32 Å². The fraction of sp³-hybridized carbons (Fsp3) is 0.583. The van der Waals surface area contributed by atoms with Gasteiger partial charge in [0.05, 0.1) is 24.4 Å². The molecule has 1 rings (SSSR count). The van der Waals surface area contributed by atoms with Crippen molar-refractivity contribution in [3.05, 3.63) is 12.4 Å². The summed E-state index contributed by atoms with van der Waals surface area (Å²) in [5, 5.41) is 15.7. The zero-order valence-corrected chi connectivity index (χ0v) is 11.1. The Balaban J connectivity index is 2.51. The van der Waals surface area contributed by atoms with Crippen molar-refractivity contribution in [3.63, 3.8) is 0 Å². The molecule has 0 bridgehead atoms. The summed E-state index contributed by atoms with van der Waals surface area (Å²) in [4.78, 5) is 13.5. The Labute approximate surface area is 107 Å². The number of anilines is 1. The lowest BCUT2D eigenvalue weighted by molar-refractivity contribution is -0.130. The first-order valence-corrected chi connectivity index (χ1v) is 5.99. The third-order valence-corrected chi connectivity index (χ3v) is 2.65. The molecule has 0 radical (unpaired) electrons. The lowest BCUT2D eigenvalue weighted by Crippen LogP contribution is -2.39. The van der Waals surface area contributed by atoms with E-state index in [9.17, 15) is 4.79 Å². The van der Waals surface area contributed by atoms with Crippen LogP contribution in [0, 0.1) is 11.3 Å². The predicted octanol–water partition coefficient (Wildman–Crippen LogP) is 1.08. The van der Waals surface area contributed by atoms with E-state index in [-0.39, 0.29) is 11.9 Å². The molecule has 18 heavy (non-hydrogen) atoms. The molecule has 1 aromatic heterocycles. The summed E-state index contributed by atoms with van der Waals surface area (Å²) >= 11 is 0. The summed E-state index contributed by atoms with van der Waals surface area (Å²) in [6.45, 7) is 5.05. The number of nitrogens with zero attached hydrogens (tertiary/aromatic N) is 4. The van der Waals surface area contributed by atoms with Crippen molar-refractivity contribution < 1.29 is 4.79 Å². The van der Waals surface area contributed by atoms with Crippen LogP contribution in [0.3, 0.4) is 0 Å². The van der Waals surface area contributed by atoms with E-state index >= 15 is 0 Å². The molecule has 1 amide bonds. The molecule has 0 saturated carbocycles. The van der Waals surface area contributed by atoms with Crippen LogP contribution >= 0.6 is 0 Å². The van der Waals surface area contributed by atoms with Gasteiger partial charge in [0.2, 0.25) is 5.91 Å². The van der Waals surface area contributed by atoms with Crippen LogP contribution in [0.4, 0.5) is 5.69 Å². The molecule has 6 nitrogen and oxygen atoms in total. The number of aromatic nitrogens is 2. The van der Waals surface area contributed by atoms with Crippen LogP contribution in [-0.2, 0) is 11.3 Å². The average molecular weight is 249 g/mol. The molecule has 0 saturated heterocycles. The molecular weight excluding hydrogens is 230 g/mol. The minimum absolute atomic E-state index is 0.0329. The largest absolute Gasteiger partial charge is 0.371 e. The van der Waals surface area contributed by atoms with Crippen molar-refractivity contribution >= 4 is 11.6 Å². The number of rotatable bonds is 6. The first-order chi connectivity index (χ1) is 8.58. The standard InChI is InChI=1S/C12H19N5O/c1-4-17-9-11(8-14-17)15-10(2)12(18)16(3)7-5-6-13/h8-10,15H,4-5,7H2,1-3H3. The van der Waals surface area contributed by atoms with Gasteiger partial charge < -0.3 is 10.2 Å². The van der Waals surface area contributed by atoms with E-state index in [1.807, 2.05) is 19.2 Å². The summed E-state index contributed by atoms with van der Waals surface area (Å²) in [6.07, 6.45) is 3.91. The van der Waals surface area contributed by atoms with Crippen molar-refractivity contribution in [1.29, 1.82) is 5.26 Å². The highest BCUT2D eigenvalue weighted by Gasteiger charge is 2.17. The van der Waals surface area contributed by atoms with E-state index in [2.05, 4.69) is 10.4 Å². The molecule has 1 unspecified atom stereocenters. The number of nitrogens with one attached hydrogen (secondary N) is 1. The third kappa shape index (κ3) is 3.77. The van der Waals surface area contributed by atoms with Crippen molar-refractivity contribution in [2.24, 2.45) is 0 Å². The Morgan fingerprint density at radius 3 is 3.00 bits per heavy atom. The number of carbonyl (C=O) groups is 1. The van der Waals surface area contributed by atoms with Crippen LogP contribution in [0.2, 0.25) is 0 Å². The Hall–Kier alpha value is -2.03. The van der Waals surface area contributed by atoms with E-state index in [0.29, 0.717) is 13.0 Å². The van der Waals surface area contributed by atoms with Crippen LogP contribution in [0.5, 0.6) is 0 Å². The van der Waals surface area contributed by atoms with Gasteiger partial charge in [-0.2, -0.15) is 10.4 Å². The number of carbonyl (C=O) groups excluding carboxylic acids is 1. The molecule has 1 aromatic rings. The van der Waals surface area contributed by atoms with Gasteiger partial charge in [-0.05, 0) is 13.8 Å². The molecule has 0 spiro atoms. The summed E-state index contributed by atoms with van der Waals surface area (Å²) in [5.41, 5.74) is 0.825. The molecule has 0 fully saturated rings. The van der Waals surface area contributed by atoms with Gasteiger partial charge >= 0.3 is 0 Å². The van der Waals surface area contributed by atoms with Crippen LogP contribution in [0.15, 0.2) is 12.4 Å². The minimum Gasteiger partial charge on any atom is -0.371 e. The topological polar surface area (TPSA) is 74.0 Å². The maximum absolute atomic E-state index is 12.0. The summed E-state index contributed by atoms with van der Waals surface area (Å²) < 4.78 is 1.79. The maximum Gasteiger partial charge on any atom is 0.244 e. The highest BCUT2D eigenvalue weighted by atomic mass is 16.2. The van der Waals surface area contributed by atoms with Gasteiger partial charge in [-0.15, -0.1) is 0 Å². The summed E-state index contributed by atoms with van der Waals surface area (Å²) in [6, 6.07) is 1.70. The molecule has 1 heterocycles.